The lowest BCUT2D eigenvalue weighted by molar-refractivity contribution is -0.122. The Morgan fingerprint density at radius 3 is 2.37 bits per heavy atom. The first kappa shape index (κ1) is 29.9. The number of nitrogens with zero attached hydrogens (tertiary/aromatic N) is 2. The molecule has 1 saturated heterocycles. The average Bonchev–Trinajstić information content (AvgIpc) is 2.96. The minimum absolute atomic E-state index is 0.0391. The predicted molar refractivity (Wildman–Crippen MR) is 173 cm³/mol. The van der Waals surface area contributed by atoms with E-state index in [-0.39, 0.29) is 18.4 Å². The van der Waals surface area contributed by atoms with E-state index >= 15 is 0 Å². The highest BCUT2D eigenvalue weighted by Gasteiger charge is 2.39. The molecule has 2 aliphatic heterocycles. The van der Waals surface area contributed by atoms with E-state index in [1.807, 2.05) is 57.2 Å². The topological polar surface area (TPSA) is 69.7 Å². The van der Waals surface area contributed by atoms with Crippen molar-refractivity contribution in [2.24, 2.45) is 0 Å². The molecule has 0 saturated carbocycles. The summed E-state index contributed by atoms with van der Waals surface area (Å²) in [6, 6.07) is 17.9. The minimum Gasteiger partial charge on any atom is -0.349 e. The van der Waals surface area contributed by atoms with E-state index in [2.05, 4.69) is 28.4 Å². The van der Waals surface area contributed by atoms with Gasteiger partial charge in [-0.15, -0.1) is 0 Å². The molecule has 6 nitrogen and oxygen atoms in total. The van der Waals surface area contributed by atoms with Gasteiger partial charge in [0.1, 0.15) is 0 Å². The maximum absolute atomic E-state index is 14.4. The fourth-order valence-electron chi connectivity index (χ4n) is 7.71. The second kappa shape index (κ2) is 12.4. The molecule has 2 atom stereocenters. The lowest BCUT2D eigenvalue weighted by atomic mass is 9.86. The predicted octanol–water partition coefficient (Wildman–Crippen LogP) is 6.69. The lowest BCUT2D eigenvalue weighted by Gasteiger charge is -2.38. The van der Waals surface area contributed by atoms with Crippen LogP contribution in [0.4, 0.5) is 5.69 Å². The molecule has 0 bridgehead atoms. The van der Waals surface area contributed by atoms with Gasteiger partial charge in [0.05, 0.1) is 22.7 Å². The highest BCUT2D eigenvalue weighted by molar-refractivity contribution is 7.93. The zero-order valence-corrected chi connectivity index (χ0v) is 26.7. The van der Waals surface area contributed by atoms with Gasteiger partial charge in [-0.3, -0.25) is 14.0 Å². The second-order valence-corrected chi connectivity index (χ2v) is 14.7. The van der Waals surface area contributed by atoms with Crippen LogP contribution in [0.15, 0.2) is 59.5 Å². The standard InChI is InChI=1S/C36H45N3O3S/c1-25-20-26(2)36(27(3)21-25)43(41,42)39-31(16-15-29-10-5-6-13-34(29)39)23-35(40)37-33-12-9-11-30-22-28(14-17-32(30)33)24-38-18-7-4-8-19-38/h5-6,10,13-14,17,20-22,31,33H,4,7-9,11-12,15-16,18-19,23-24H2,1-3H3,(H,37,40). The van der Waals surface area contributed by atoms with Gasteiger partial charge in [-0.25, -0.2) is 8.42 Å². The van der Waals surface area contributed by atoms with Crippen molar-refractivity contribution in [2.45, 2.75) is 102 Å². The van der Waals surface area contributed by atoms with Crippen molar-refractivity contribution in [1.82, 2.24) is 10.2 Å². The number of fused-ring (bicyclic) bond motifs is 2. The Hall–Kier alpha value is -3.16. The summed E-state index contributed by atoms with van der Waals surface area (Å²) >= 11 is 0. The number of rotatable bonds is 7. The van der Waals surface area contributed by atoms with Crippen molar-refractivity contribution in [3.8, 4) is 0 Å². The van der Waals surface area contributed by atoms with Gasteiger partial charge in [0.2, 0.25) is 5.91 Å². The molecule has 7 heteroatoms. The Morgan fingerprint density at radius 2 is 1.60 bits per heavy atom. The highest BCUT2D eigenvalue weighted by Crippen LogP contribution is 2.39. The first-order chi connectivity index (χ1) is 20.7. The molecule has 43 heavy (non-hydrogen) atoms. The Bertz CT molecular complexity index is 1590. The zero-order valence-electron chi connectivity index (χ0n) is 25.9. The third kappa shape index (κ3) is 6.25. The summed E-state index contributed by atoms with van der Waals surface area (Å²) in [5, 5.41) is 3.32. The van der Waals surface area contributed by atoms with Gasteiger partial charge in [-0.1, -0.05) is 60.5 Å². The largest absolute Gasteiger partial charge is 0.349 e. The fourth-order valence-corrected chi connectivity index (χ4v) is 9.85. The van der Waals surface area contributed by atoms with Crippen LogP contribution in [0, 0.1) is 20.8 Å². The number of anilines is 1. The number of nitrogens with one attached hydrogen (secondary N) is 1. The average molecular weight is 600 g/mol. The van der Waals surface area contributed by atoms with E-state index in [0.717, 1.165) is 54.5 Å². The van der Waals surface area contributed by atoms with Gasteiger partial charge in [0.25, 0.3) is 10.0 Å². The van der Waals surface area contributed by atoms with E-state index in [9.17, 15) is 13.2 Å². The molecule has 1 fully saturated rings. The van der Waals surface area contributed by atoms with Crippen LogP contribution in [0.25, 0.3) is 0 Å². The number of para-hydroxylation sites is 1. The van der Waals surface area contributed by atoms with Gasteiger partial charge in [0.15, 0.2) is 0 Å². The molecule has 3 aromatic carbocycles. The molecule has 1 amide bonds. The Balaban J connectivity index is 1.22. The third-order valence-corrected chi connectivity index (χ3v) is 11.7. The molecule has 1 N–H and O–H groups in total. The normalized spacial score (nSPS) is 20.8. The number of hydrogen-bond acceptors (Lipinski definition) is 4. The summed E-state index contributed by atoms with van der Waals surface area (Å²) in [5.74, 6) is -0.0859. The van der Waals surface area contributed by atoms with Gasteiger partial charge in [-0.2, -0.15) is 0 Å². The zero-order chi connectivity index (χ0) is 30.1. The monoisotopic (exact) mass is 599 g/mol. The number of likely N-dealkylation sites (tertiary alicyclic amines) is 1. The van der Waals surface area contributed by atoms with Crippen molar-refractivity contribution < 1.29 is 13.2 Å². The Kier molecular flexibility index (Phi) is 8.65. The second-order valence-electron chi connectivity index (χ2n) is 12.9. The first-order valence-corrected chi connectivity index (χ1v) is 17.5. The third-order valence-electron chi connectivity index (χ3n) is 9.56. The summed E-state index contributed by atoms with van der Waals surface area (Å²) in [6.45, 7) is 9.07. The van der Waals surface area contributed by atoms with Crippen LogP contribution >= 0.6 is 0 Å². The number of amides is 1. The molecule has 3 aromatic rings. The SMILES string of the molecule is Cc1cc(C)c(S(=O)(=O)N2c3ccccc3CCC2CC(=O)NC2CCCc3cc(CN4CCCCC4)ccc32)c(C)c1. The highest BCUT2D eigenvalue weighted by atomic mass is 32.2. The molecule has 0 spiro atoms. The Morgan fingerprint density at radius 1 is 0.860 bits per heavy atom. The van der Waals surface area contributed by atoms with Gasteiger partial charge in [0, 0.05) is 13.0 Å². The van der Waals surface area contributed by atoms with Crippen molar-refractivity contribution in [3.63, 3.8) is 0 Å². The quantitative estimate of drug-likeness (QED) is 0.329. The molecule has 1 aliphatic carbocycles. The number of piperidine rings is 1. The van der Waals surface area contributed by atoms with E-state index in [1.54, 1.807) is 4.31 Å². The molecule has 0 radical (unpaired) electrons. The van der Waals surface area contributed by atoms with Crippen LogP contribution < -0.4 is 9.62 Å². The van der Waals surface area contributed by atoms with Gasteiger partial charge >= 0.3 is 0 Å². The molecular formula is C36H45N3O3S. The Labute approximate surface area is 257 Å². The van der Waals surface area contributed by atoms with Gasteiger partial charge < -0.3 is 5.32 Å². The number of benzene rings is 3. The fraction of sp³-hybridized carbons (Fsp3) is 0.472. The first-order valence-electron chi connectivity index (χ1n) is 16.0. The summed E-state index contributed by atoms with van der Waals surface area (Å²) in [6.07, 6.45) is 8.38. The van der Waals surface area contributed by atoms with Gasteiger partial charge in [-0.05, 0) is 118 Å². The smallest absolute Gasteiger partial charge is 0.265 e. The maximum atomic E-state index is 14.4. The van der Waals surface area contributed by atoms with Crippen molar-refractivity contribution in [2.75, 3.05) is 17.4 Å². The maximum Gasteiger partial charge on any atom is 0.265 e. The van der Waals surface area contributed by atoms with E-state index < -0.39 is 16.1 Å². The van der Waals surface area contributed by atoms with Crippen LogP contribution in [-0.4, -0.2) is 38.4 Å². The summed E-state index contributed by atoms with van der Waals surface area (Å²) < 4.78 is 30.4. The van der Waals surface area contributed by atoms with Crippen LogP contribution in [0.2, 0.25) is 0 Å². The minimum atomic E-state index is -3.90. The van der Waals surface area contributed by atoms with Crippen LogP contribution in [-0.2, 0) is 34.2 Å². The van der Waals surface area contributed by atoms with Crippen LogP contribution in [0.1, 0.15) is 89.9 Å². The van der Waals surface area contributed by atoms with E-state index in [0.29, 0.717) is 17.0 Å². The van der Waals surface area contributed by atoms with E-state index in [4.69, 9.17) is 0 Å². The number of hydrogen-bond donors (Lipinski definition) is 1. The molecule has 6 rings (SSSR count). The molecule has 2 unspecified atom stereocenters. The lowest BCUT2D eigenvalue weighted by Crippen LogP contribution is -2.47. The van der Waals surface area contributed by atoms with Crippen molar-refractivity contribution >= 4 is 21.6 Å². The summed E-state index contributed by atoms with van der Waals surface area (Å²) in [7, 11) is -3.90. The number of aryl methyl sites for hydroxylation is 5. The molecular weight excluding hydrogens is 554 g/mol. The van der Waals surface area contributed by atoms with Crippen molar-refractivity contribution in [1.29, 1.82) is 0 Å². The van der Waals surface area contributed by atoms with E-state index in [1.165, 1.54) is 49.0 Å². The van der Waals surface area contributed by atoms with Crippen LogP contribution in [0.3, 0.4) is 0 Å². The van der Waals surface area contributed by atoms with Crippen LogP contribution in [0.5, 0.6) is 0 Å². The molecule has 0 aromatic heterocycles. The number of carbonyl (C=O) groups is 1. The number of carbonyl (C=O) groups excluding carboxylic acids is 1. The molecule has 3 aliphatic rings. The molecule has 228 valence electrons. The summed E-state index contributed by atoms with van der Waals surface area (Å²) in [4.78, 5) is 16.6. The number of sulfonamides is 1. The summed E-state index contributed by atoms with van der Waals surface area (Å²) in [5.41, 5.74) is 8.12. The van der Waals surface area contributed by atoms with Crippen molar-refractivity contribution in [3.05, 3.63) is 93.5 Å². The molecule has 2 heterocycles.